The summed E-state index contributed by atoms with van der Waals surface area (Å²) in [5.41, 5.74) is 2.34. The Bertz CT molecular complexity index is 1720. The molecule has 0 aliphatic carbocycles. The van der Waals surface area contributed by atoms with Crippen LogP contribution in [0.4, 0.5) is 5.69 Å². The number of rotatable bonds is 6. The Hall–Kier alpha value is -4.85. The number of amides is 1. The Balaban J connectivity index is 1.31. The van der Waals surface area contributed by atoms with E-state index in [-0.39, 0.29) is 34.7 Å². The molecule has 0 aliphatic heterocycles. The number of anilines is 1. The van der Waals surface area contributed by atoms with Gasteiger partial charge in [-0.15, -0.1) is 0 Å². The van der Waals surface area contributed by atoms with Gasteiger partial charge in [0.2, 0.25) is 11.2 Å². The normalized spacial score (nSPS) is 10.9. The number of fused-ring (bicyclic) bond motifs is 2. The molecule has 0 radical (unpaired) electrons. The first-order chi connectivity index (χ1) is 17.4. The van der Waals surface area contributed by atoms with Crippen LogP contribution in [-0.4, -0.2) is 12.5 Å². The highest BCUT2D eigenvalue weighted by atomic mass is 16.5. The molecule has 1 N–H and O–H groups in total. The van der Waals surface area contributed by atoms with E-state index < -0.39 is 5.63 Å². The van der Waals surface area contributed by atoms with Crippen LogP contribution in [0.5, 0.6) is 17.2 Å². The van der Waals surface area contributed by atoms with Gasteiger partial charge in [-0.3, -0.25) is 9.59 Å². The fourth-order valence-corrected chi connectivity index (χ4v) is 3.73. The lowest BCUT2D eigenvalue weighted by Crippen LogP contribution is -2.20. The third-order valence-corrected chi connectivity index (χ3v) is 5.57. The molecule has 0 spiro atoms. The van der Waals surface area contributed by atoms with Crippen LogP contribution >= 0.6 is 0 Å². The number of hydrogen-bond donors (Lipinski definition) is 1. The van der Waals surface area contributed by atoms with Gasteiger partial charge in [-0.25, -0.2) is 4.79 Å². The van der Waals surface area contributed by atoms with E-state index in [0.717, 1.165) is 16.5 Å². The molecule has 0 bridgehead atoms. The summed E-state index contributed by atoms with van der Waals surface area (Å²) in [6.07, 6.45) is 1.20. The Morgan fingerprint density at radius 2 is 1.58 bits per heavy atom. The lowest BCUT2D eigenvalue weighted by molar-refractivity contribution is -0.118. The van der Waals surface area contributed by atoms with Gasteiger partial charge in [0, 0.05) is 29.3 Å². The second-order valence-corrected chi connectivity index (χ2v) is 8.30. The van der Waals surface area contributed by atoms with Gasteiger partial charge in [-0.1, -0.05) is 17.7 Å². The first-order valence-electron chi connectivity index (χ1n) is 11.1. The number of carbonyl (C=O) groups is 1. The third kappa shape index (κ3) is 4.83. The summed E-state index contributed by atoms with van der Waals surface area (Å²) in [5, 5.41) is 3.81. The summed E-state index contributed by atoms with van der Waals surface area (Å²) >= 11 is 0. The first kappa shape index (κ1) is 22.9. The maximum atomic E-state index is 12.9. The minimum Gasteiger partial charge on any atom is -0.484 e. The molecule has 0 fully saturated rings. The number of benzene rings is 3. The summed E-state index contributed by atoms with van der Waals surface area (Å²) < 4.78 is 22.1. The van der Waals surface area contributed by atoms with E-state index in [4.69, 9.17) is 18.3 Å². The van der Waals surface area contributed by atoms with E-state index in [1.165, 1.54) is 18.4 Å². The monoisotopic (exact) mass is 483 g/mol. The molecule has 8 nitrogen and oxygen atoms in total. The molecule has 0 unspecified atom stereocenters. The van der Waals surface area contributed by atoms with Crippen molar-refractivity contribution < 1.29 is 23.1 Å². The highest BCUT2D eigenvalue weighted by Crippen LogP contribution is 2.27. The quantitative estimate of drug-likeness (QED) is 0.325. The van der Waals surface area contributed by atoms with Crippen LogP contribution in [0.25, 0.3) is 21.9 Å². The molecule has 2 heterocycles. The fraction of sp³-hybridized carbons (Fsp3) is 0.107. The van der Waals surface area contributed by atoms with Crippen molar-refractivity contribution in [2.75, 3.05) is 11.9 Å². The predicted molar refractivity (Wildman–Crippen MR) is 135 cm³/mol. The van der Waals surface area contributed by atoms with Crippen LogP contribution in [0.3, 0.4) is 0 Å². The van der Waals surface area contributed by atoms with Gasteiger partial charge in [0.05, 0.1) is 5.39 Å². The molecule has 0 aliphatic rings. The fourth-order valence-electron chi connectivity index (χ4n) is 3.73. The first-order valence-corrected chi connectivity index (χ1v) is 11.1. The standard InChI is InChI=1S/C28H21NO7/c1-16-3-5-18(6-4-16)29-26(30)15-33-19-7-10-22-23(12-19)34-14-25(28(22)32)35-20-8-9-21-17(2)11-27(31)36-24(21)13-20/h3-14H,15H2,1-2H3,(H,29,30). The van der Waals surface area contributed by atoms with E-state index in [2.05, 4.69) is 5.32 Å². The van der Waals surface area contributed by atoms with E-state index in [0.29, 0.717) is 22.8 Å². The Morgan fingerprint density at radius 3 is 2.39 bits per heavy atom. The van der Waals surface area contributed by atoms with Crippen LogP contribution in [0.2, 0.25) is 0 Å². The topological polar surface area (TPSA) is 108 Å². The van der Waals surface area contributed by atoms with Crippen LogP contribution in [-0.2, 0) is 4.79 Å². The van der Waals surface area contributed by atoms with E-state index >= 15 is 0 Å². The van der Waals surface area contributed by atoms with Crippen molar-refractivity contribution in [2.45, 2.75) is 13.8 Å². The maximum absolute atomic E-state index is 12.9. The van der Waals surface area contributed by atoms with Crippen molar-refractivity contribution in [1.82, 2.24) is 0 Å². The number of nitrogens with one attached hydrogen (secondary N) is 1. The third-order valence-electron chi connectivity index (χ3n) is 5.57. The Kier molecular flexibility index (Phi) is 6.00. The SMILES string of the molecule is Cc1ccc(NC(=O)COc2ccc3c(=O)c(Oc4ccc5c(C)cc(=O)oc5c4)coc3c2)cc1. The van der Waals surface area contributed by atoms with Gasteiger partial charge in [0.1, 0.15) is 28.9 Å². The lowest BCUT2D eigenvalue weighted by atomic mass is 10.1. The van der Waals surface area contributed by atoms with Crippen LogP contribution in [0.15, 0.2) is 91.4 Å². The van der Waals surface area contributed by atoms with E-state index in [1.807, 2.05) is 38.1 Å². The van der Waals surface area contributed by atoms with E-state index in [1.54, 1.807) is 30.3 Å². The largest absolute Gasteiger partial charge is 0.484 e. The molecule has 2 aromatic heterocycles. The predicted octanol–water partition coefficient (Wildman–Crippen LogP) is 5.33. The second-order valence-electron chi connectivity index (χ2n) is 8.30. The summed E-state index contributed by atoms with van der Waals surface area (Å²) in [7, 11) is 0. The Morgan fingerprint density at radius 1 is 0.861 bits per heavy atom. The van der Waals surface area contributed by atoms with Crippen LogP contribution in [0, 0.1) is 13.8 Å². The highest BCUT2D eigenvalue weighted by Gasteiger charge is 2.12. The molecule has 8 heteroatoms. The summed E-state index contributed by atoms with van der Waals surface area (Å²) in [5.74, 6) is 0.356. The molecule has 1 amide bonds. The average molecular weight is 483 g/mol. The molecule has 0 saturated carbocycles. The number of aryl methyl sites for hydroxylation is 2. The maximum Gasteiger partial charge on any atom is 0.336 e. The van der Waals surface area contributed by atoms with Gasteiger partial charge in [0.15, 0.2) is 6.61 Å². The molecule has 5 aromatic rings. The van der Waals surface area contributed by atoms with Crippen molar-refractivity contribution >= 4 is 33.5 Å². The van der Waals surface area contributed by atoms with Gasteiger partial charge in [0.25, 0.3) is 5.91 Å². The number of carbonyl (C=O) groups excluding carboxylic acids is 1. The van der Waals surface area contributed by atoms with Crippen molar-refractivity contribution in [3.8, 4) is 17.2 Å². The van der Waals surface area contributed by atoms with Crippen molar-refractivity contribution in [2.24, 2.45) is 0 Å². The van der Waals surface area contributed by atoms with Crippen molar-refractivity contribution in [1.29, 1.82) is 0 Å². The molecular weight excluding hydrogens is 462 g/mol. The zero-order valence-corrected chi connectivity index (χ0v) is 19.5. The molecule has 3 aromatic carbocycles. The van der Waals surface area contributed by atoms with Gasteiger partial charge in [-0.05, 0) is 55.8 Å². The zero-order valence-electron chi connectivity index (χ0n) is 19.5. The average Bonchev–Trinajstić information content (AvgIpc) is 2.85. The van der Waals surface area contributed by atoms with Gasteiger partial charge < -0.3 is 23.6 Å². The van der Waals surface area contributed by atoms with Gasteiger partial charge in [-0.2, -0.15) is 0 Å². The van der Waals surface area contributed by atoms with Crippen molar-refractivity contribution in [3.63, 3.8) is 0 Å². The van der Waals surface area contributed by atoms with Crippen molar-refractivity contribution in [3.05, 3.63) is 105 Å². The Labute approximate surface area is 204 Å². The minimum absolute atomic E-state index is 0.0250. The summed E-state index contributed by atoms with van der Waals surface area (Å²) in [6.45, 7) is 3.57. The molecule has 180 valence electrons. The number of ether oxygens (including phenoxy) is 2. The lowest BCUT2D eigenvalue weighted by Gasteiger charge is -2.09. The number of hydrogen-bond acceptors (Lipinski definition) is 7. The van der Waals surface area contributed by atoms with E-state index in [9.17, 15) is 14.4 Å². The molecule has 5 rings (SSSR count). The highest BCUT2D eigenvalue weighted by molar-refractivity contribution is 5.92. The summed E-state index contributed by atoms with van der Waals surface area (Å²) in [6, 6.07) is 18.5. The van der Waals surface area contributed by atoms with Crippen LogP contribution in [0.1, 0.15) is 11.1 Å². The molecular formula is C28H21NO7. The summed E-state index contributed by atoms with van der Waals surface area (Å²) in [4.78, 5) is 36.8. The smallest absolute Gasteiger partial charge is 0.336 e. The molecule has 36 heavy (non-hydrogen) atoms. The molecule has 0 atom stereocenters. The molecule has 0 saturated heterocycles. The zero-order chi connectivity index (χ0) is 25.2. The second kappa shape index (κ2) is 9.42. The van der Waals surface area contributed by atoms with Crippen LogP contribution < -0.4 is 25.8 Å². The van der Waals surface area contributed by atoms with Gasteiger partial charge >= 0.3 is 5.63 Å². The minimum atomic E-state index is -0.465.